The van der Waals surface area contributed by atoms with Crippen LogP contribution in [0.2, 0.25) is 0 Å². The third-order valence-corrected chi connectivity index (χ3v) is 3.50. The SMILES string of the molecule is C=S(C)(=O)c1cccc2ccccc12. The van der Waals surface area contributed by atoms with E-state index in [1.54, 1.807) is 6.26 Å². The molecule has 0 aliphatic carbocycles. The average molecular weight is 204 g/mol. The third kappa shape index (κ3) is 1.53. The van der Waals surface area contributed by atoms with Crippen molar-refractivity contribution in [3.8, 4) is 0 Å². The summed E-state index contributed by atoms with van der Waals surface area (Å²) in [5, 5.41) is 2.15. The Bertz CT molecular complexity index is 562. The monoisotopic (exact) mass is 204 g/mol. The molecular weight excluding hydrogens is 192 g/mol. The Morgan fingerprint density at radius 2 is 1.71 bits per heavy atom. The van der Waals surface area contributed by atoms with Gasteiger partial charge in [0, 0.05) is 11.2 Å². The zero-order valence-corrected chi connectivity index (χ0v) is 8.88. The molecule has 0 aromatic heterocycles. The van der Waals surface area contributed by atoms with Crippen molar-refractivity contribution in [2.24, 2.45) is 0 Å². The maximum atomic E-state index is 11.9. The van der Waals surface area contributed by atoms with Crippen molar-refractivity contribution in [2.45, 2.75) is 4.90 Å². The molecular formula is C12H12OS. The molecule has 2 aromatic rings. The predicted molar refractivity (Wildman–Crippen MR) is 63.4 cm³/mol. The van der Waals surface area contributed by atoms with Gasteiger partial charge in [0.2, 0.25) is 0 Å². The molecule has 1 atom stereocenters. The molecule has 0 bridgehead atoms. The van der Waals surface area contributed by atoms with Gasteiger partial charge in [0.1, 0.15) is 0 Å². The second-order valence-electron chi connectivity index (χ2n) is 3.48. The van der Waals surface area contributed by atoms with Crippen LogP contribution in [0.3, 0.4) is 0 Å². The first-order valence-corrected chi connectivity index (χ1v) is 6.52. The zero-order chi connectivity index (χ0) is 10.2. The number of hydrogen-bond acceptors (Lipinski definition) is 1. The molecule has 72 valence electrons. The molecule has 1 unspecified atom stereocenters. The largest absolute Gasteiger partial charge is 0.263 e. The fraction of sp³-hybridized carbons (Fsp3) is 0.0833. The highest BCUT2D eigenvalue weighted by molar-refractivity contribution is 7.99. The summed E-state index contributed by atoms with van der Waals surface area (Å²) in [5.41, 5.74) is 0. The molecule has 0 heterocycles. The highest BCUT2D eigenvalue weighted by Gasteiger charge is 2.04. The second-order valence-corrected chi connectivity index (χ2v) is 5.93. The molecule has 1 nitrogen and oxygen atoms in total. The fourth-order valence-corrected chi connectivity index (χ4v) is 2.59. The minimum absolute atomic E-state index is 0.843. The summed E-state index contributed by atoms with van der Waals surface area (Å²) in [7, 11) is -2.13. The van der Waals surface area contributed by atoms with Crippen molar-refractivity contribution in [1.29, 1.82) is 0 Å². The molecule has 0 spiro atoms. The Morgan fingerprint density at radius 3 is 2.43 bits per heavy atom. The van der Waals surface area contributed by atoms with E-state index in [1.807, 2.05) is 42.5 Å². The smallest absolute Gasteiger partial charge is 0.0380 e. The van der Waals surface area contributed by atoms with Gasteiger partial charge in [-0.25, -0.2) is 0 Å². The van der Waals surface area contributed by atoms with Crippen LogP contribution in [-0.4, -0.2) is 16.3 Å². The molecule has 0 amide bonds. The van der Waals surface area contributed by atoms with E-state index in [1.165, 1.54) is 0 Å². The Morgan fingerprint density at radius 1 is 1.07 bits per heavy atom. The summed E-state index contributed by atoms with van der Waals surface area (Å²) in [6, 6.07) is 13.8. The molecule has 2 rings (SSSR count). The van der Waals surface area contributed by atoms with E-state index in [4.69, 9.17) is 0 Å². The standard InChI is InChI=1S/C12H12OS/c1-14(2,13)12-9-5-7-10-6-3-4-8-11(10)12/h3-9H,1H2,2H3. The first-order chi connectivity index (χ1) is 6.59. The normalized spacial score (nSPS) is 15.2. The summed E-state index contributed by atoms with van der Waals surface area (Å²) in [4.78, 5) is 0.843. The molecule has 0 N–H and O–H groups in total. The number of rotatable bonds is 1. The minimum atomic E-state index is -2.13. The van der Waals surface area contributed by atoms with Gasteiger partial charge in [-0.15, -0.1) is 0 Å². The maximum absolute atomic E-state index is 11.9. The van der Waals surface area contributed by atoms with Crippen molar-refractivity contribution in [3.63, 3.8) is 0 Å². The lowest BCUT2D eigenvalue weighted by atomic mass is 10.1. The highest BCUT2D eigenvalue weighted by Crippen LogP contribution is 2.22. The second kappa shape index (κ2) is 3.14. The van der Waals surface area contributed by atoms with Crippen LogP contribution >= 0.6 is 0 Å². The lowest BCUT2D eigenvalue weighted by molar-refractivity contribution is 0.685. The van der Waals surface area contributed by atoms with Crippen molar-refractivity contribution in [3.05, 3.63) is 42.5 Å². The topological polar surface area (TPSA) is 17.1 Å². The molecule has 0 fully saturated rings. The van der Waals surface area contributed by atoms with Crippen LogP contribution < -0.4 is 0 Å². The number of hydrogen-bond donors (Lipinski definition) is 0. The van der Waals surface area contributed by atoms with Crippen LogP contribution in [0, 0.1) is 0 Å². The van der Waals surface area contributed by atoms with Gasteiger partial charge in [0.15, 0.2) is 0 Å². The summed E-state index contributed by atoms with van der Waals surface area (Å²) >= 11 is 0. The fourth-order valence-electron chi connectivity index (χ4n) is 1.57. The van der Waals surface area contributed by atoms with E-state index < -0.39 is 9.52 Å². The van der Waals surface area contributed by atoms with Gasteiger partial charge in [0.05, 0.1) is 0 Å². The molecule has 2 heteroatoms. The van der Waals surface area contributed by atoms with E-state index in [-0.39, 0.29) is 0 Å². The van der Waals surface area contributed by atoms with Crippen LogP contribution in [0.4, 0.5) is 0 Å². The summed E-state index contributed by atoms with van der Waals surface area (Å²) in [6.07, 6.45) is 1.68. The molecule has 0 saturated heterocycles. The van der Waals surface area contributed by atoms with Crippen molar-refractivity contribution >= 4 is 26.2 Å². The highest BCUT2D eigenvalue weighted by atomic mass is 32.2. The van der Waals surface area contributed by atoms with Gasteiger partial charge in [-0.3, -0.25) is 4.21 Å². The number of fused-ring (bicyclic) bond motifs is 1. The van der Waals surface area contributed by atoms with Crippen molar-refractivity contribution in [2.75, 3.05) is 6.26 Å². The summed E-state index contributed by atoms with van der Waals surface area (Å²) in [6.45, 7) is 0. The van der Waals surface area contributed by atoms with Gasteiger partial charge in [-0.1, -0.05) is 36.4 Å². The van der Waals surface area contributed by atoms with Crippen LogP contribution in [0.5, 0.6) is 0 Å². The first kappa shape index (κ1) is 9.28. The maximum Gasteiger partial charge on any atom is 0.0380 e. The van der Waals surface area contributed by atoms with Crippen molar-refractivity contribution in [1.82, 2.24) is 0 Å². The van der Waals surface area contributed by atoms with Gasteiger partial charge in [-0.05, 0) is 32.2 Å². The van der Waals surface area contributed by atoms with Crippen LogP contribution in [0.15, 0.2) is 47.4 Å². The molecule has 0 radical (unpaired) electrons. The summed E-state index contributed by atoms with van der Waals surface area (Å²) in [5.74, 6) is 3.72. The number of benzene rings is 2. The molecule has 0 aliphatic rings. The average Bonchev–Trinajstić information content (AvgIpc) is 2.15. The third-order valence-electron chi connectivity index (χ3n) is 2.21. The molecule has 2 aromatic carbocycles. The molecule has 0 saturated carbocycles. The van der Waals surface area contributed by atoms with Crippen LogP contribution in [0.1, 0.15) is 0 Å². The zero-order valence-electron chi connectivity index (χ0n) is 8.07. The first-order valence-electron chi connectivity index (χ1n) is 4.39. The summed E-state index contributed by atoms with van der Waals surface area (Å²) < 4.78 is 11.9. The molecule has 14 heavy (non-hydrogen) atoms. The van der Waals surface area contributed by atoms with E-state index in [9.17, 15) is 4.21 Å². The quantitative estimate of drug-likeness (QED) is 0.652. The van der Waals surface area contributed by atoms with Gasteiger partial charge < -0.3 is 0 Å². The van der Waals surface area contributed by atoms with E-state index in [2.05, 4.69) is 5.87 Å². The van der Waals surface area contributed by atoms with Crippen LogP contribution in [-0.2, 0) is 9.52 Å². The molecule has 0 aliphatic heterocycles. The Balaban J connectivity index is 2.92. The van der Waals surface area contributed by atoms with E-state index in [0.717, 1.165) is 15.7 Å². The Kier molecular flexibility index (Phi) is 2.08. The van der Waals surface area contributed by atoms with E-state index >= 15 is 0 Å². The van der Waals surface area contributed by atoms with Gasteiger partial charge >= 0.3 is 0 Å². The lowest BCUT2D eigenvalue weighted by Gasteiger charge is -2.06. The lowest BCUT2D eigenvalue weighted by Crippen LogP contribution is -1.97. The van der Waals surface area contributed by atoms with Crippen LogP contribution in [0.25, 0.3) is 10.8 Å². The van der Waals surface area contributed by atoms with Gasteiger partial charge in [0.25, 0.3) is 0 Å². The Hall–Kier alpha value is -1.28. The predicted octanol–water partition coefficient (Wildman–Crippen LogP) is 2.54. The minimum Gasteiger partial charge on any atom is -0.263 e. The van der Waals surface area contributed by atoms with E-state index in [0.29, 0.717) is 0 Å². The Labute approximate surface area is 84.4 Å². The van der Waals surface area contributed by atoms with Gasteiger partial charge in [-0.2, -0.15) is 0 Å². The van der Waals surface area contributed by atoms with Crippen molar-refractivity contribution < 1.29 is 4.21 Å².